The number of carbonyl (C=O) groups is 1. The lowest BCUT2D eigenvalue weighted by Crippen LogP contribution is -2.26. The van der Waals surface area contributed by atoms with Gasteiger partial charge < -0.3 is 15.0 Å². The molecule has 1 fully saturated rings. The molecule has 2 aromatic rings. The minimum atomic E-state index is -0.0831. The largest absolute Gasteiger partial charge is 0.493 e. The predicted molar refractivity (Wildman–Crippen MR) is 111 cm³/mol. The number of carbonyl (C=O) groups excluding carboxylic acids is 1. The van der Waals surface area contributed by atoms with Crippen LogP contribution >= 0.6 is 0 Å². The number of rotatable bonds is 7. The maximum absolute atomic E-state index is 12.4. The van der Waals surface area contributed by atoms with Crippen LogP contribution in [0.15, 0.2) is 48.5 Å². The van der Waals surface area contributed by atoms with E-state index >= 15 is 0 Å². The first-order chi connectivity index (χ1) is 13.3. The molecule has 1 amide bonds. The van der Waals surface area contributed by atoms with Crippen LogP contribution in [0.2, 0.25) is 0 Å². The SMILES string of the molecule is CCOc1ccccc1C(=O)NCCc1ccc(N2CCCCCC2)cc1. The molecule has 1 N–H and O–H groups in total. The van der Waals surface area contributed by atoms with Gasteiger partial charge in [0.05, 0.1) is 12.2 Å². The zero-order chi connectivity index (χ0) is 18.9. The molecular weight excluding hydrogens is 336 g/mol. The van der Waals surface area contributed by atoms with Crippen LogP contribution < -0.4 is 15.0 Å². The second kappa shape index (κ2) is 10.0. The summed E-state index contributed by atoms with van der Waals surface area (Å²) in [6, 6.07) is 16.2. The van der Waals surface area contributed by atoms with E-state index in [0.29, 0.717) is 24.5 Å². The second-order valence-electron chi connectivity index (χ2n) is 7.00. The monoisotopic (exact) mass is 366 g/mol. The number of hydrogen-bond acceptors (Lipinski definition) is 3. The lowest BCUT2D eigenvalue weighted by molar-refractivity contribution is 0.0950. The minimum Gasteiger partial charge on any atom is -0.493 e. The number of amides is 1. The van der Waals surface area contributed by atoms with E-state index in [0.717, 1.165) is 19.5 Å². The number of hydrogen-bond donors (Lipinski definition) is 1. The molecule has 1 aliphatic rings. The van der Waals surface area contributed by atoms with Gasteiger partial charge in [0.15, 0.2) is 0 Å². The van der Waals surface area contributed by atoms with Crippen molar-refractivity contribution in [3.63, 3.8) is 0 Å². The Hall–Kier alpha value is -2.49. The van der Waals surface area contributed by atoms with Crippen LogP contribution in [-0.4, -0.2) is 32.1 Å². The number of para-hydroxylation sites is 1. The number of nitrogens with one attached hydrogen (secondary N) is 1. The summed E-state index contributed by atoms with van der Waals surface area (Å²) in [6.07, 6.45) is 6.10. The van der Waals surface area contributed by atoms with E-state index in [1.54, 1.807) is 6.07 Å². The summed E-state index contributed by atoms with van der Waals surface area (Å²) >= 11 is 0. The fourth-order valence-electron chi connectivity index (χ4n) is 3.55. The third-order valence-electron chi connectivity index (χ3n) is 5.04. The fourth-order valence-corrected chi connectivity index (χ4v) is 3.55. The second-order valence-corrected chi connectivity index (χ2v) is 7.00. The quantitative estimate of drug-likeness (QED) is 0.788. The van der Waals surface area contributed by atoms with Gasteiger partial charge in [0.1, 0.15) is 5.75 Å². The molecule has 0 saturated carbocycles. The molecule has 1 saturated heterocycles. The summed E-state index contributed by atoms with van der Waals surface area (Å²) in [5.41, 5.74) is 3.15. The lowest BCUT2D eigenvalue weighted by Gasteiger charge is -2.22. The Bertz CT molecular complexity index is 719. The van der Waals surface area contributed by atoms with Crippen LogP contribution in [0.25, 0.3) is 0 Å². The van der Waals surface area contributed by atoms with Gasteiger partial charge in [-0.15, -0.1) is 0 Å². The van der Waals surface area contributed by atoms with Crippen LogP contribution in [0.4, 0.5) is 5.69 Å². The number of anilines is 1. The van der Waals surface area contributed by atoms with E-state index in [1.807, 2.05) is 25.1 Å². The third kappa shape index (κ3) is 5.49. The van der Waals surface area contributed by atoms with Gasteiger partial charge in [-0.25, -0.2) is 0 Å². The summed E-state index contributed by atoms with van der Waals surface area (Å²) in [7, 11) is 0. The van der Waals surface area contributed by atoms with Crippen molar-refractivity contribution in [1.29, 1.82) is 0 Å². The van der Waals surface area contributed by atoms with E-state index in [9.17, 15) is 4.79 Å². The Morgan fingerprint density at radius 2 is 1.70 bits per heavy atom. The van der Waals surface area contributed by atoms with Gasteiger partial charge in [0.2, 0.25) is 0 Å². The molecule has 2 aromatic carbocycles. The Balaban J connectivity index is 1.51. The normalized spacial score (nSPS) is 14.5. The Morgan fingerprint density at radius 1 is 1.00 bits per heavy atom. The average molecular weight is 367 g/mol. The molecule has 0 aromatic heterocycles. The van der Waals surface area contributed by atoms with E-state index in [1.165, 1.54) is 36.9 Å². The van der Waals surface area contributed by atoms with Gasteiger partial charge >= 0.3 is 0 Å². The summed E-state index contributed by atoms with van der Waals surface area (Å²) in [6.45, 7) is 5.41. The number of benzene rings is 2. The van der Waals surface area contributed by atoms with Gasteiger partial charge in [0, 0.05) is 25.3 Å². The van der Waals surface area contributed by atoms with Crippen molar-refractivity contribution in [2.75, 3.05) is 31.1 Å². The van der Waals surface area contributed by atoms with Crippen LogP contribution in [0, 0.1) is 0 Å². The molecular formula is C23H30N2O2. The molecule has 0 atom stereocenters. The topological polar surface area (TPSA) is 41.6 Å². The molecule has 3 rings (SSSR count). The highest BCUT2D eigenvalue weighted by atomic mass is 16.5. The first-order valence-corrected chi connectivity index (χ1v) is 10.1. The number of nitrogens with zero attached hydrogens (tertiary/aromatic N) is 1. The molecule has 27 heavy (non-hydrogen) atoms. The Labute approximate surface area is 162 Å². The first kappa shape index (κ1) is 19.3. The fraction of sp³-hybridized carbons (Fsp3) is 0.435. The van der Waals surface area contributed by atoms with Gasteiger partial charge in [0.25, 0.3) is 5.91 Å². The zero-order valence-electron chi connectivity index (χ0n) is 16.2. The molecule has 1 heterocycles. The van der Waals surface area contributed by atoms with Crippen LogP contribution in [0.3, 0.4) is 0 Å². The molecule has 0 radical (unpaired) electrons. The van der Waals surface area contributed by atoms with Crippen molar-refractivity contribution in [1.82, 2.24) is 5.32 Å². The first-order valence-electron chi connectivity index (χ1n) is 10.1. The minimum absolute atomic E-state index is 0.0831. The summed E-state index contributed by atoms with van der Waals surface area (Å²) in [5.74, 6) is 0.555. The standard InChI is InChI=1S/C23H30N2O2/c1-2-27-22-10-6-5-9-21(22)23(26)24-16-15-19-11-13-20(14-12-19)25-17-7-3-4-8-18-25/h5-6,9-14H,2-4,7-8,15-18H2,1H3,(H,24,26). The zero-order valence-corrected chi connectivity index (χ0v) is 16.2. The highest BCUT2D eigenvalue weighted by Gasteiger charge is 2.12. The lowest BCUT2D eigenvalue weighted by atomic mass is 10.1. The number of ether oxygens (including phenoxy) is 1. The van der Waals surface area contributed by atoms with Crippen LogP contribution in [0.5, 0.6) is 5.75 Å². The average Bonchev–Trinajstić information content (AvgIpc) is 2.99. The van der Waals surface area contributed by atoms with Crippen molar-refractivity contribution in [3.8, 4) is 5.75 Å². The molecule has 1 aliphatic heterocycles. The predicted octanol–water partition coefficient (Wildman–Crippen LogP) is 4.44. The van der Waals surface area contributed by atoms with Crippen LogP contribution in [0.1, 0.15) is 48.5 Å². The summed E-state index contributed by atoms with van der Waals surface area (Å²) in [5, 5.41) is 3.00. The van der Waals surface area contributed by atoms with E-state index in [2.05, 4.69) is 34.5 Å². The smallest absolute Gasteiger partial charge is 0.255 e. The van der Waals surface area contributed by atoms with Crippen molar-refractivity contribution in [2.24, 2.45) is 0 Å². The third-order valence-corrected chi connectivity index (χ3v) is 5.04. The van der Waals surface area contributed by atoms with Crippen molar-refractivity contribution in [3.05, 3.63) is 59.7 Å². The highest BCUT2D eigenvalue weighted by Crippen LogP contribution is 2.20. The summed E-state index contributed by atoms with van der Waals surface area (Å²) in [4.78, 5) is 14.9. The molecule has 4 heteroatoms. The molecule has 4 nitrogen and oxygen atoms in total. The van der Waals surface area contributed by atoms with Gasteiger partial charge in [-0.3, -0.25) is 4.79 Å². The van der Waals surface area contributed by atoms with Crippen molar-refractivity contribution < 1.29 is 9.53 Å². The van der Waals surface area contributed by atoms with E-state index < -0.39 is 0 Å². The molecule has 0 bridgehead atoms. The molecule has 0 aliphatic carbocycles. The van der Waals surface area contributed by atoms with Gasteiger partial charge in [-0.2, -0.15) is 0 Å². The van der Waals surface area contributed by atoms with E-state index in [-0.39, 0.29) is 5.91 Å². The summed E-state index contributed by atoms with van der Waals surface area (Å²) < 4.78 is 5.54. The Morgan fingerprint density at radius 3 is 2.41 bits per heavy atom. The highest BCUT2D eigenvalue weighted by molar-refractivity contribution is 5.96. The molecule has 0 spiro atoms. The van der Waals surface area contributed by atoms with Crippen molar-refractivity contribution in [2.45, 2.75) is 39.0 Å². The maximum atomic E-state index is 12.4. The Kier molecular flexibility index (Phi) is 7.14. The molecule has 144 valence electrons. The van der Waals surface area contributed by atoms with Gasteiger partial charge in [-0.1, -0.05) is 37.1 Å². The van der Waals surface area contributed by atoms with Gasteiger partial charge in [-0.05, 0) is 56.0 Å². The maximum Gasteiger partial charge on any atom is 0.255 e. The van der Waals surface area contributed by atoms with Crippen molar-refractivity contribution >= 4 is 11.6 Å². The van der Waals surface area contributed by atoms with E-state index in [4.69, 9.17) is 4.74 Å². The van der Waals surface area contributed by atoms with Crippen LogP contribution in [-0.2, 0) is 6.42 Å². The molecule has 0 unspecified atom stereocenters.